The Morgan fingerprint density at radius 1 is 1.24 bits per heavy atom. The Morgan fingerprint density at radius 3 is 2.52 bits per heavy atom. The van der Waals surface area contributed by atoms with E-state index in [1.165, 1.54) is 24.3 Å². The molecule has 21 heavy (non-hydrogen) atoms. The van der Waals surface area contributed by atoms with Crippen LogP contribution >= 0.6 is 38.5 Å². The number of benzene rings is 2. The molecule has 0 atom stereocenters. The average Bonchev–Trinajstić information content (AvgIpc) is 2.41. The minimum absolute atomic E-state index is 0.0971. The van der Waals surface area contributed by atoms with Crippen LogP contribution in [0.25, 0.3) is 0 Å². The lowest BCUT2D eigenvalue weighted by Gasteiger charge is -2.12. The molecule has 0 heterocycles. The number of halogens is 3. The molecule has 0 aliphatic heterocycles. The summed E-state index contributed by atoms with van der Waals surface area (Å²) in [6.07, 6.45) is 0. The average molecular weight is 485 g/mol. The fourth-order valence-corrected chi connectivity index (χ4v) is 4.66. The van der Waals surface area contributed by atoms with Crippen molar-refractivity contribution < 1.29 is 12.8 Å². The summed E-state index contributed by atoms with van der Waals surface area (Å²) >= 11 is 5.10. The fourth-order valence-electron chi connectivity index (χ4n) is 1.66. The predicted octanol–water partition coefficient (Wildman–Crippen LogP) is 3.45. The van der Waals surface area contributed by atoms with Crippen molar-refractivity contribution in [1.82, 2.24) is 0 Å². The molecule has 0 saturated heterocycles. The lowest BCUT2D eigenvalue weighted by atomic mass is 10.2. The normalized spacial score (nSPS) is 11.4. The number of nitrogens with two attached hydrogens (primary N) is 1. The zero-order valence-corrected chi connectivity index (χ0v) is 15.2. The first-order chi connectivity index (χ1) is 9.83. The van der Waals surface area contributed by atoms with E-state index in [1.54, 1.807) is 12.1 Å². The van der Waals surface area contributed by atoms with Gasteiger partial charge in [0, 0.05) is 14.6 Å². The monoisotopic (exact) mass is 484 g/mol. The van der Waals surface area contributed by atoms with E-state index in [-0.39, 0.29) is 4.90 Å². The van der Waals surface area contributed by atoms with Gasteiger partial charge in [0.25, 0.3) is 10.0 Å². The van der Waals surface area contributed by atoms with Gasteiger partial charge in [-0.05, 0) is 74.4 Å². The highest BCUT2D eigenvalue weighted by atomic mass is 127. The molecule has 0 fully saturated rings. The van der Waals surface area contributed by atoms with E-state index >= 15 is 0 Å². The molecule has 0 unspecified atom stereocenters. The van der Waals surface area contributed by atoms with Crippen LogP contribution in [0.15, 0.2) is 45.8 Å². The molecule has 8 heteroatoms. The summed E-state index contributed by atoms with van der Waals surface area (Å²) in [5.74, 6) is -0.421. The summed E-state index contributed by atoms with van der Waals surface area (Å²) in [7, 11) is -3.77. The standard InChI is InChI=1S/C13H11BrFIN2O2S/c14-10-5-8(7-17)1-4-13(10)21(19,20)18-12-3-2-9(15)6-11(12)16/h1-6,18H,7,17H2. The third-order valence-electron chi connectivity index (χ3n) is 2.70. The molecule has 112 valence electrons. The van der Waals surface area contributed by atoms with Crippen molar-refractivity contribution in [3.8, 4) is 0 Å². The highest BCUT2D eigenvalue weighted by Crippen LogP contribution is 2.27. The van der Waals surface area contributed by atoms with Gasteiger partial charge in [-0.2, -0.15) is 0 Å². The number of rotatable bonds is 4. The van der Waals surface area contributed by atoms with Gasteiger partial charge in [0.2, 0.25) is 0 Å². The summed E-state index contributed by atoms with van der Waals surface area (Å²) < 4.78 is 41.2. The second kappa shape index (κ2) is 6.59. The lowest BCUT2D eigenvalue weighted by Crippen LogP contribution is -2.14. The first-order valence-electron chi connectivity index (χ1n) is 5.80. The van der Waals surface area contributed by atoms with Crippen LogP contribution in [0.1, 0.15) is 5.56 Å². The van der Waals surface area contributed by atoms with Crippen molar-refractivity contribution in [2.45, 2.75) is 11.4 Å². The second-order valence-corrected chi connectivity index (χ2v) is 7.87. The van der Waals surface area contributed by atoms with Crippen molar-refractivity contribution in [2.75, 3.05) is 4.72 Å². The maximum atomic E-state index is 13.0. The summed E-state index contributed by atoms with van der Waals surface area (Å²) in [6, 6.07) is 8.62. The van der Waals surface area contributed by atoms with Crippen LogP contribution in [0, 0.1) is 9.39 Å². The number of sulfonamides is 1. The largest absolute Gasteiger partial charge is 0.326 e. The van der Waals surface area contributed by atoms with E-state index in [4.69, 9.17) is 5.73 Å². The Bertz CT molecular complexity index is 784. The van der Waals surface area contributed by atoms with E-state index in [9.17, 15) is 12.8 Å². The van der Waals surface area contributed by atoms with E-state index in [1.807, 2.05) is 22.6 Å². The topological polar surface area (TPSA) is 72.2 Å². The van der Waals surface area contributed by atoms with Crippen LogP contribution < -0.4 is 10.5 Å². The van der Waals surface area contributed by atoms with Gasteiger partial charge in [-0.3, -0.25) is 4.72 Å². The number of nitrogens with one attached hydrogen (secondary N) is 1. The molecule has 0 amide bonds. The molecule has 3 N–H and O–H groups in total. The zero-order valence-electron chi connectivity index (χ0n) is 10.6. The molecular weight excluding hydrogens is 474 g/mol. The second-order valence-electron chi connectivity index (χ2n) is 4.20. The van der Waals surface area contributed by atoms with Gasteiger partial charge in [0.05, 0.1) is 5.69 Å². The van der Waals surface area contributed by atoms with Gasteiger partial charge in [0.1, 0.15) is 10.7 Å². The molecule has 0 aliphatic carbocycles. The maximum Gasteiger partial charge on any atom is 0.263 e. The van der Waals surface area contributed by atoms with Crippen LogP contribution in [-0.4, -0.2) is 8.42 Å². The number of hydrogen-bond acceptors (Lipinski definition) is 3. The Kier molecular flexibility index (Phi) is 5.23. The van der Waals surface area contributed by atoms with Gasteiger partial charge in [-0.25, -0.2) is 12.8 Å². The molecule has 0 saturated carbocycles. The summed E-state index contributed by atoms with van der Waals surface area (Å²) in [5.41, 5.74) is 6.66. The molecule has 4 nitrogen and oxygen atoms in total. The molecule has 2 aromatic rings. The van der Waals surface area contributed by atoms with Crippen LogP contribution in [0.3, 0.4) is 0 Å². The molecule has 0 aromatic heterocycles. The van der Waals surface area contributed by atoms with Crippen molar-refractivity contribution in [3.05, 3.63) is 55.8 Å². The van der Waals surface area contributed by atoms with E-state index in [0.29, 0.717) is 20.3 Å². The van der Waals surface area contributed by atoms with E-state index < -0.39 is 15.8 Å². The quantitative estimate of drug-likeness (QED) is 0.653. The third-order valence-corrected chi connectivity index (χ3v) is 5.93. The van der Waals surface area contributed by atoms with Gasteiger partial charge < -0.3 is 5.73 Å². The molecule has 0 aliphatic rings. The summed E-state index contributed by atoms with van der Waals surface area (Å²) in [4.78, 5) is 0.0971. The fraction of sp³-hybridized carbons (Fsp3) is 0.0769. The smallest absolute Gasteiger partial charge is 0.263 e. The van der Waals surface area contributed by atoms with Crippen LogP contribution in [0.5, 0.6) is 0 Å². The summed E-state index contributed by atoms with van der Waals surface area (Å²) in [5, 5.41) is 0. The maximum absolute atomic E-state index is 13.0. The Labute approximate surface area is 144 Å². The Hall–Kier alpha value is -0.710. The molecule has 0 bridgehead atoms. The minimum atomic E-state index is -3.77. The van der Waals surface area contributed by atoms with Crippen LogP contribution in [0.2, 0.25) is 0 Å². The van der Waals surface area contributed by atoms with Gasteiger partial charge in [0.15, 0.2) is 0 Å². The number of anilines is 1. The van der Waals surface area contributed by atoms with Crippen molar-refractivity contribution in [3.63, 3.8) is 0 Å². The highest BCUT2D eigenvalue weighted by Gasteiger charge is 2.19. The predicted molar refractivity (Wildman–Crippen MR) is 92.0 cm³/mol. The third kappa shape index (κ3) is 3.93. The molecule has 2 rings (SSSR count). The first-order valence-corrected chi connectivity index (χ1v) is 9.15. The van der Waals surface area contributed by atoms with Gasteiger partial charge in [-0.1, -0.05) is 6.07 Å². The minimum Gasteiger partial charge on any atom is -0.326 e. The lowest BCUT2D eigenvalue weighted by molar-refractivity contribution is 0.600. The van der Waals surface area contributed by atoms with Gasteiger partial charge in [-0.15, -0.1) is 0 Å². The van der Waals surface area contributed by atoms with Crippen molar-refractivity contribution in [1.29, 1.82) is 0 Å². The first kappa shape index (κ1) is 16.7. The Morgan fingerprint density at radius 2 is 1.95 bits per heavy atom. The Balaban J connectivity index is 2.38. The zero-order chi connectivity index (χ0) is 15.6. The van der Waals surface area contributed by atoms with E-state index in [0.717, 1.165) is 5.56 Å². The molecule has 0 spiro atoms. The SMILES string of the molecule is NCc1ccc(S(=O)(=O)Nc2ccc(F)cc2I)c(Br)c1. The van der Waals surface area contributed by atoms with Gasteiger partial charge >= 0.3 is 0 Å². The summed E-state index contributed by atoms with van der Waals surface area (Å²) in [6.45, 7) is 0.322. The van der Waals surface area contributed by atoms with Crippen molar-refractivity contribution >= 4 is 54.2 Å². The number of hydrogen-bond donors (Lipinski definition) is 2. The van der Waals surface area contributed by atoms with Crippen molar-refractivity contribution in [2.24, 2.45) is 5.73 Å². The van der Waals surface area contributed by atoms with Crippen LogP contribution in [0.4, 0.5) is 10.1 Å². The molecule has 0 radical (unpaired) electrons. The van der Waals surface area contributed by atoms with E-state index in [2.05, 4.69) is 20.7 Å². The molecule has 2 aromatic carbocycles. The molecular formula is C13H11BrFIN2O2S. The van der Waals surface area contributed by atoms with Crippen LogP contribution in [-0.2, 0) is 16.6 Å². The highest BCUT2D eigenvalue weighted by molar-refractivity contribution is 14.1.